The third-order valence-corrected chi connectivity index (χ3v) is 5.31. The Morgan fingerprint density at radius 3 is 3.04 bits per heavy atom. The lowest BCUT2D eigenvalue weighted by Crippen LogP contribution is -2.36. The van der Waals surface area contributed by atoms with Crippen LogP contribution in [0.2, 0.25) is 0 Å². The van der Waals surface area contributed by atoms with Crippen molar-refractivity contribution in [3.63, 3.8) is 0 Å². The summed E-state index contributed by atoms with van der Waals surface area (Å²) in [5.41, 5.74) is 2.03. The number of hydrogen-bond donors (Lipinski definition) is 0. The smallest absolute Gasteiger partial charge is 0.335 e. The van der Waals surface area contributed by atoms with E-state index in [2.05, 4.69) is 20.9 Å². The fourth-order valence-corrected chi connectivity index (χ4v) is 4.13. The Balaban J connectivity index is 1.77. The standard InChI is InChI=1S/C18H17BrFN3O3/c1-2-26-18(25)16(15-14-4-3-5-22(14)9-21-15)23-8-12-11(17(23)24)6-10(19)7-13(12)20/h6-7,9,16H,2-5,8H2,1H3. The van der Waals surface area contributed by atoms with E-state index in [0.29, 0.717) is 15.7 Å². The van der Waals surface area contributed by atoms with Gasteiger partial charge < -0.3 is 14.2 Å². The summed E-state index contributed by atoms with van der Waals surface area (Å²) in [5, 5.41) is 0. The van der Waals surface area contributed by atoms with Crippen molar-refractivity contribution in [3.8, 4) is 0 Å². The van der Waals surface area contributed by atoms with Gasteiger partial charge in [0.05, 0.1) is 25.2 Å². The van der Waals surface area contributed by atoms with Gasteiger partial charge in [0.2, 0.25) is 0 Å². The first-order valence-electron chi connectivity index (χ1n) is 8.50. The average molecular weight is 422 g/mol. The Morgan fingerprint density at radius 2 is 2.27 bits per heavy atom. The Hall–Kier alpha value is -2.22. The number of imidazole rings is 1. The lowest BCUT2D eigenvalue weighted by atomic mass is 10.1. The fraction of sp³-hybridized carbons (Fsp3) is 0.389. The van der Waals surface area contributed by atoms with Gasteiger partial charge in [0.1, 0.15) is 5.82 Å². The molecule has 3 heterocycles. The minimum atomic E-state index is -0.970. The highest BCUT2D eigenvalue weighted by atomic mass is 79.9. The molecule has 1 unspecified atom stereocenters. The predicted molar refractivity (Wildman–Crippen MR) is 93.9 cm³/mol. The van der Waals surface area contributed by atoms with Gasteiger partial charge in [-0.05, 0) is 31.9 Å². The van der Waals surface area contributed by atoms with Gasteiger partial charge in [0.25, 0.3) is 5.91 Å². The number of nitrogens with zero attached hydrogens (tertiary/aromatic N) is 3. The molecule has 26 heavy (non-hydrogen) atoms. The molecule has 4 rings (SSSR count). The second-order valence-corrected chi connectivity index (χ2v) is 7.29. The number of benzene rings is 1. The van der Waals surface area contributed by atoms with Crippen LogP contribution in [0.15, 0.2) is 22.9 Å². The van der Waals surface area contributed by atoms with E-state index in [9.17, 15) is 14.0 Å². The van der Waals surface area contributed by atoms with Gasteiger partial charge in [-0.3, -0.25) is 4.79 Å². The normalized spacial score (nSPS) is 16.6. The molecule has 0 bridgehead atoms. The minimum Gasteiger partial charge on any atom is -0.464 e. The zero-order valence-electron chi connectivity index (χ0n) is 14.2. The van der Waals surface area contributed by atoms with Crippen molar-refractivity contribution in [1.29, 1.82) is 0 Å². The van der Waals surface area contributed by atoms with Crippen LogP contribution in [0.4, 0.5) is 4.39 Å². The van der Waals surface area contributed by atoms with Gasteiger partial charge in [-0.25, -0.2) is 14.2 Å². The molecule has 0 aliphatic carbocycles. The van der Waals surface area contributed by atoms with Crippen LogP contribution >= 0.6 is 15.9 Å². The number of rotatable bonds is 4. The van der Waals surface area contributed by atoms with Crippen LogP contribution in [0, 0.1) is 5.82 Å². The molecule has 1 aromatic carbocycles. The van der Waals surface area contributed by atoms with Crippen LogP contribution < -0.4 is 0 Å². The third kappa shape index (κ3) is 2.63. The van der Waals surface area contributed by atoms with E-state index in [1.165, 1.54) is 11.0 Å². The summed E-state index contributed by atoms with van der Waals surface area (Å²) >= 11 is 3.22. The summed E-state index contributed by atoms with van der Waals surface area (Å²) in [4.78, 5) is 31.4. The van der Waals surface area contributed by atoms with Crippen molar-refractivity contribution < 1.29 is 18.7 Å². The maximum Gasteiger partial charge on any atom is 0.335 e. The summed E-state index contributed by atoms with van der Waals surface area (Å²) in [7, 11) is 0. The third-order valence-electron chi connectivity index (χ3n) is 4.85. The molecule has 1 amide bonds. The first-order chi connectivity index (χ1) is 12.5. The summed E-state index contributed by atoms with van der Waals surface area (Å²) in [6.07, 6.45) is 3.45. The zero-order valence-corrected chi connectivity index (χ0v) is 15.8. The number of hydrogen-bond acceptors (Lipinski definition) is 4. The highest BCUT2D eigenvalue weighted by Gasteiger charge is 2.42. The molecule has 6 nitrogen and oxygen atoms in total. The second kappa shape index (κ2) is 6.50. The van der Waals surface area contributed by atoms with Gasteiger partial charge in [-0.2, -0.15) is 0 Å². The Kier molecular flexibility index (Phi) is 4.30. The molecule has 0 spiro atoms. The second-order valence-electron chi connectivity index (χ2n) is 6.37. The molecule has 0 saturated heterocycles. The summed E-state index contributed by atoms with van der Waals surface area (Å²) in [6.45, 7) is 2.76. The van der Waals surface area contributed by atoms with E-state index >= 15 is 0 Å². The average Bonchev–Trinajstić information content (AvgIpc) is 3.26. The number of ether oxygens (including phenoxy) is 1. The Bertz CT molecular complexity index is 911. The van der Waals surface area contributed by atoms with E-state index in [4.69, 9.17) is 4.74 Å². The molecule has 8 heteroatoms. The van der Waals surface area contributed by atoms with Crippen LogP contribution in [0.25, 0.3) is 0 Å². The number of aromatic nitrogens is 2. The maximum atomic E-state index is 14.3. The molecule has 1 aromatic heterocycles. The van der Waals surface area contributed by atoms with Gasteiger partial charge in [0.15, 0.2) is 6.04 Å². The maximum absolute atomic E-state index is 14.3. The van der Waals surface area contributed by atoms with Crippen LogP contribution in [0.3, 0.4) is 0 Å². The van der Waals surface area contributed by atoms with Crippen LogP contribution in [0.5, 0.6) is 0 Å². The molecular formula is C18H17BrFN3O3. The number of halogens is 2. The summed E-state index contributed by atoms with van der Waals surface area (Å²) < 4.78 is 22.0. The summed E-state index contributed by atoms with van der Waals surface area (Å²) in [5.74, 6) is -1.40. The van der Waals surface area contributed by atoms with Gasteiger partial charge in [-0.1, -0.05) is 15.9 Å². The minimum absolute atomic E-state index is 0.0169. The van der Waals surface area contributed by atoms with Crippen molar-refractivity contribution in [1.82, 2.24) is 14.5 Å². The van der Waals surface area contributed by atoms with E-state index in [1.807, 2.05) is 4.57 Å². The quantitative estimate of drug-likeness (QED) is 0.711. The lowest BCUT2D eigenvalue weighted by Gasteiger charge is -2.25. The van der Waals surface area contributed by atoms with Crippen molar-refractivity contribution in [3.05, 3.63) is 51.3 Å². The lowest BCUT2D eigenvalue weighted by molar-refractivity contribution is -0.149. The fourth-order valence-electron chi connectivity index (χ4n) is 3.70. The monoisotopic (exact) mass is 421 g/mol. The topological polar surface area (TPSA) is 64.4 Å². The SMILES string of the molecule is CCOC(=O)C(c1ncn2c1CCC2)N1Cc2c(F)cc(Br)cc2C1=O. The number of fused-ring (bicyclic) bond motifs is 2. The van der Waals surface area contributed by atoms with Crippen LogP contribution in [0.1, 0.15) is 46.7 Å². The number of carbonyl (C=O) groups excluding carboxylic acids is 2. The largest absolute Gasteiger partial charge is 0.464 e. The van der Waals surface area contributed by atoms with Crippen molar-refractivity contribution in [2.45, 2.75) is 38.9 Å². The Labute approximate surface area is 158 Å². The summed E-state index contributed by atoms with van der Waals surface area (Å²) in [6, 6.07) is 1.94. The molecule has 0 radical (unpaired) electrons. The first kappa shape index (κ1) is 17.2. The highest BCUT2D eigenvalue weighted by Crippen LogP contribution is 2.36. The van der Waals surface area contributed by atoms with E-state index in [0.717, 1.165) is 25.1 Å². The van der Waals surface area contributed by atoms with E-state index in [1.54, 1.807) is 19.3 Å². The number of amides is 1. The van der Waals surface area contributed by atoms with Crippen LogP contribution in [-0.2, 0) is 29.0 Å². The molecule has 2 aliphatic rings. The van der Waals surface area contributed by atoms with Gasteiger partial charge >= 0.3 is 5.97 Å². The molecule has 0 fully saturated rings. The highest BCUT2D eigenvalue weighted by molar-refractivity contribution is 9.10. The van der Waals surface area contributed by atoms with Gasteiger partial charge in [-0.15, -0.1) is 0 Å². The zero-order chi connectivity index (χ0) is 18.4. The molecule has 2 aromatic rings. The molecule has 0 saturated carbocycles. The van der Waals surface area contributed by atoms with Gasteiger partial charge in [0, 0.05) is 27.8 Å². The number of carbonyl (C=O) groups is 2. The van der Waals surface area contributed by atoms with E-state index < -0.39 is 23.7 Å². The van der Waals surface area contributed by atoms with Crippen molar-refractivity contribution in [2.24, 2.45) is 0 Å². The molecule has 2 aliphatic heterocycles. The number of aryl methyl sites for hydroxylation is 1. The number of esters is 1. The van der Waals surface area contributed by atoms with E-state index in [-0.39, 0.29) is 18.7 Å². The molecule has 0 N–H and O–H groups in total. The molecule has 136 valence electrons. The first-order valence-corrected chi connectivity index (χ1v) is 9.30. The molecular weight excluding hydrogens is 405 g/mol. The predicted octanol–water partition coefficient (Wildman–Crippen LogP) is 2.99. The van der Waals surface area contributed by atoms with Crippen molar-refractivity contribution >= 4 is 27.8 Å². The molecule has 1 atom stereocenters. The van der Waals surface area contributed by atoms with Crippen molar-refractivity contribution in [2.75, 3.05) is 6.61 Å². The van der Waals surface area contributed by atoms with Crippen LogP contribution in [-0.4, -0.2) is 32.9 Å². The Morgan fingerprint density at radius 1 is 1.46 bits per heavy atom.